The molecule has 0 saturated heterocycles. The summed E-state index contributed by atoms with van der Waals surface area (Å²) in [6.45, 7) is 8.77. The van der Waals surface area contributed by atoms with Crippen LogP contribution in [0.1, 0.15) is 43.6 Å². The van der Waals surface area contributed by atoms with E-state index in [-0.39, 0.29) is 5.78 Å². The maximum atomic E-state index is 12.0. The molecule has 1 aromatic carbocycles. The van der Waals surface area contributed by atoms with Crippen molar-refractivity contribution in [2.75, 3.05) is 11.5 Å². The van der Waals surface area contributed by atoms with Gasteiger partial charge in [0.05, 0.1) is 5.75 Å². The van der Waals surface area contributed by atoms with E-state index in [9.17, 15) is 4.79 Å². The molecule has 0 unspecified atom stereocenters. The summed E-state index contributed by atoms with van der Waals surface area (Å²) < 4.78 is 0. The number of rotatable bonds is 7. The zero-order valence-corrected chi connectivity index (χ0v) is 12.7. The lowest BCUT2D eigenvalue weighted by atomic mass is 10.00. The average Bonchev–Trinajstić information content (AvgIpc) is 2.27. The topological polar surface area (TPSA) is 17.1 Å². The lowest BCUT2D eigenvalue weighted by Crippen LogP contribution is -2.05. The molecule has 0 fully saturated rings. The fourth-order valence-electron chi connectivity index (χ4n) is 1.81. The molecule has 0 aliphatic heterocycles. The van der Waals surface area contributed by atoms with Crippen LogP contribution < -0.4 is 0 Å². The Morgan fingerprint density at radius 3 is 2.50 bits per heavy atom. The van der Waals surface area contributed by atoms with E-state index in [0.717, 1.165) is 17.7 Å². The zero-order chi connectivity index (χ0) is 13.5. The van der Waals surface area contributed by atoms with Crippen LogP contribution in [0.4, 0.5) is 0 Å². The summed E-state index contributed by atoms with van der Waals surface area (Å²) in [7, 11) is 0. The van der Waals surface area contributed by atoms with E-state index < -0.39 is 0 Å². The third-order valence-corrected chi connectivity index (χ3v) is 3.95. The van der Waals surface area contributed by atoms with Gasteiger partial charge in [-0.2, -0.15) is 11.8 Å². The van der Waals surface area contributed by atoms with Gasteiger partial charge in [0.1, 0.15) is 0 Å². The Hall–Kier alpha value is -0.760. The lowest BCUT2D eigenvalue weighted by molar-refractivity contribution is 0.102. The number of hydrogen-bond donors (Lipinski definition) is 0. The molecule has 0 aromatic heterocycles. The number of hydrogen-bond acceptors (Lipinski definition) is 2. The number of ketones is 1. The lowest BCUT2D eigenvalue weighted by Gasteiger charge is -2.07. The fourth-order valence-corrected chi connectivity index (χ4v) is 2.76. The molecule has 0 heterocycles. The van der Waals surface area contributed by atoms with Crippen molar-refractivity contribution < 1.29 is 4.79 Å². The standard InChI is InChI=1S/C16H24OS/c1-12(2)8-14-6-5-7-15(9-14)16(17)11-18-10-13(3)4/h5-7,9,12-13H,8,10-11H2,1-4H3. The highest BCUT2D eigenvalue weighted by Crippen LogP contribution is 2.14. The Kier molecular flexibility index (Phi) is 6.48. The van der Waals surface area contributed by atoms with Crippen LogP contribution >= 0.6 is 11.8 Å². The highest BCUT2D eigenvalue weighted by atomic mass is 32.2. The van der Waals surface area contributed by atoms with E-state index in [1.54, 1.807) is 11.8 Å². The highest BCUT2D eigenvalue weighted by Gasteiger charge is 2.08. The Morgan fingerprint density at radius 1 is 1.17 bits per heavy atom. The molecule has 0 amide bonds. The van der Waals surface area contributed by atoms with Crippen molar-refractivity contribution in [3.05, 3.63) is 35.4 Å². The van der Waals surface area contributed by atoms with Gasteiger partial charge in [-0.25, -0.2) is 0 Å². The molecule has 0 saturated carbocycles. The van der Waals surface area contributed by atoms with Gasteiger partial charge in [-0.05, 0) is 35.6 Å². The summed E-state index contributed by atoms with van der Waals surface area (Å²) in [5, 5.41) is 0. The number of carbonyl (C=O) groups is 1. The maximum absolute atomic E-state index is 12.0. The van der Waals surface area contributed by atoms with Crippen LogP contribution in [0.15, 0.2) is 24.3 Å². The van der Waals surface area contributed by atoms with Crippen LogP contribution in [-0.2, 0) is 6.42 Å². The molecule has 0 spiro atoms. The van der Waals surface area contributed by atoms with Crippen molar-refractivity contribution in [2.24, 2.45) is 11.8 Å². The normalized spacial score (nSPS) is 11.2. The molecule has 100 valence electrons. The average molecular weight is 264 g/mol. The summed E-state index contributed by atoms with van der Waals surface area (Å²) in [5.41, 5.74) is 2.13. The summed E-state index contributed by atoms with van der Waals surface area (Å²) in [6.07, 6.45) is 1.04. The maximum Gasteiger partial charge on any atom is 0.172 e. The first kappa shape index (κ1) is 15.3. The van der Waals surface area contributed by atoms with Gasteiger partial charge >= 0.3 is 0 Å². The SMILES string of the molecule is CC(C)CSCC(=O)c1cccc(CC(C)C)c1. The van der Waals surface area contributed by atoms with Crippen molar-refractivity contribution in [2.45, 2.75) is 34.1 Å². The Bertz CT molecular complexity index is 382. The van der Waals surface area contributed by atoms with Crippen LogP contribution in [0.25, 0.3) is 0 Å². The van der Waals surface area contributed by atoms with Crippen molar-refractivity contribution in [3.63, 3.8) is 0 Å². The number of carbonyl (C=O) groups excluding carboxylic acids is 1. The van der Waals surface area contributed by atoms with Crippen molar-refractivity contribution in [1.82, 2.24) is 0 Å². The van der Waals surface area contributed by atoms with Crippen LogP contribution in [0.3, 0.4) is 0 Å². The van der Waals surface area contributed by atoms with E-state index in [1.807, 2.05) is 12.1 Å². The summed E-state index contributed by atoms with van der Waals surface area (Å²) >= 11 is 1.73. The van der Waals surface area contributed by atoms with Gasteiger partial charge in [-0.1, -0.05) is 45.9 Å². The van der Waals surface area contributed by atoms with Gasteiger partial charge in [0.2, 0.25) is 0 Å². The minimum Gasteiger partial charge on any atom is -0.293 e. The number of thioether (sulfide) groups is 1. The fraction of sp³-hybridized carbons (Fsp3) is 0.562. The minimum absolute atomic E-state index is 0.256. The van der Waals surface area contributed by atoms with E-state index in [2.05, 4.69) is 39.8 Å². The van der Waals surface area contributed by atoms with E-state index in [0.29, 0.717) is 17.6 Å². The second-order valence-electron chi connectivity index (χ2n) is 5.63. The predicted octanol–water partition coefficient (Wildman–Crippen LogP) is 4.46. The molecule has 2 heteroatoms. The van der Waals surface area contributed by atoms with E-state index in [4.69, 9.17) is 0 Å². The van der Waals surface area contributed by atoms with Gasteiger partial charge in [0.15, 0.2) is 5.78 Å². The largest absolute Gasteiger partial charge is 0.293 e. The molecule has 1 rings (SSSR count). The van der Waals surface area contributed by atoms with Crippen LogP contribution in [-0.4, -0.2) is 17.3 Å². The summed E-state index contributed by atoms with van der Waals surface area (Å²) in [6, 6.07) is 8.09. The predicted molar refractivity (Wildman–Crippen MR) is 81.5 cm³/mol. The second kappa shape index (κ2) is 7.63. The molecular formula is C16H24OS. The molecule has 0 aliphatic rings. The minimum atomic E-state index is 0.256. The molecule has 0 aliphatic carbocycles. The van der Waals surface area contributed by atoms with E-state index >= 15 is 0 Å². The number of Topliss-reactive ketones (excluding diaryl/α,β-unsaturated/α-hetero) is 1. The van der Waals surface area contributed by atoms with Gasteiger partial charge < -0.3 is 0 Å². The monoisotopic (exact) mass is 264 g/mol. The van der Waals surface area contributed by atoms with Crippen LogP contribution in [0.2, 0.25) is 0 Å². The zero-order valence-electron chi connectivity index (χ0n) is 11.9. The molecule has 0 radical (unpaired) electrons. The molecule has 1 aromatic rings. The molecule has 0 N–H and O–H groups in total. The van der Waals surface area contributed by atoms with Crippen molar-refractivity contribution in [3.8, 4) is 0 Å². The summed E-state index contributed by atoms with van der Waals surface area (Å²) in [4.78, 5) is 12.0. The first-order chi connectivity index (χ1) is 8.49. The van der Waals surface area contributed by atoms with Crippen molar-refractivity contribution in [1.29, 1.82) is 0 Å². The van der Waals surface area contributed by atoms with E-state index in [1.165, 1.54) is 5.56 Å². The molecule has 1 nitrogen and oxygen atoms in total. The van der Waals surface area contributed by atoms with Gasteiger partial charge in [0.25, 0.3) is 0 Å². The molecular weight excluding hydrogens is 240 g/mol. The third kappa shape index (κ3) is 5.72. The highest BCUT2D eigenvalue weighted by molar-refractivity contribution is 7.99. The van der Waals surface area contributed by atoms with Gasteiger partial charge in [-0.15, -0.1) is 0 Å². The first-order valence-corrected chi connectivity index (χ1v) is 7.84. The van der Waals surface area contributed by atoms with Crippen LogP contribution in [0, 0.1) is 11.8 Å². The smallest absolute Gasteiger partial charge is 0.172 e. The number of benzene rings is 1. The Labute approximate surface area is 115 Å². The third-order valence-electron chi connectivity index (χ3n) is 2.58. The molecule has 0 atom stereocenters. The first-order valence-electron chi connectivity index (χ1n) is 6.69. The van der Waals surface area contributed by atoms with Crippen LogP contribution in [0.5, 0.6) is 0 Å². The summed E-state index contributed by atoms with van der Waals surface area (Å²) in [5.74, 6) is 3.19. The Balaban J connectivity index is 2.57. The Morgan fingerprint density at radius 2 is 1.89 bits per heavy atom. The molecule has 0 bridgehead atoms. The van der Waals surface area contributed by atoms with Gasteiger partial charge in [-0.3, -0.25) is 4.79 Å². The van der Waals surface area contributed by atoms with Gasteiger partial charge in [0, 0.05) is 5.56 Å². The quantitative estimate of drug-likeness (QED) is 0.676. The molecule has 18 heavy (non-hydrogen) atoms. The second-order valence-corrected chi connectivity index (χ2v) is 6.66. The van der Waals surface area contributed by atoms with Crippen molar-refractivity contribution >= 4 is 17.5 Å².